The van der Waals surface area contributed by atoms with Gasteiger partial charge in [0, 0.05) is 0 Å². The van der Waals surface area contributed by atoms with Crippen molar-refractivity contribution >= 4 is 12.1 Å². The average molecular weight is 410 g/mol. The predicted octanol–water partition coefficient (Wildman–Crippen LogP) is 5.40. The molecule has 0 aliphatic carbocycles. The SMILES string of the molecule is CC(C)=CCCC(C)=CCCC(C)=CCOC[C@@H](NC(=O)OC(C)(C)C)C(=O)O. The summed E-state index contributed by atoms with van der Waals surface area (Å²) in [6.07, 6.45) is 9.76. The van der Waals surface area contributed by atoms with Gasteiger partial charge >= 0.3 is 12.1 Å². The van der Waals surface area contributed by atoms with Crippen molar-refractivity contribution in [1.82, 2.24) is 5.32 Å². The minimum absolute atomic E-state index is 0.123. The number of amides is 1. The first kappa shape index (κ1) is 26.9. The van der Waals surface area contributed by atoms with E-state index in [2.05, 4.69) is 38.2 Å². The number of carbonyl (C=O) groups excluding carboxylic acids is 1. The lowest BCUT2D eigenvalue weighted by Gasteiger charge is -2.21. The van der Waals surface area contributed by atoms with Crippen molar-refractivity contribution < 1.29 is 24.2 Å². The molecule has 0 saturated carbocycles. The second-order valence-corrected chi connectivity index (χ2v) is 8.53. The molecule has 1 atom stereocenters. The first-order valence-electron chi connectivity index (χ1n) is 10.2. The Bertz CT molecular complexity index is 607. The molecule has 0 rings (SSSR count). The maximum absolute atomic E-state index is 11.7. The lowest BCUT2D eigenvalue weighted by atomic mass is 10.1. The van der Waals surface area contributed by atoms with Crippen molar-refractivity contribution in [2.45, 2.75) is 85.8 Å². The highest BCUT2D eigenvalue weighted by Gasteiger charge is 2.23. The summed E-state index contributed by atoms with van der Waals surface area (Å²) in [4.78, 5) is 23.0. The summed E-state index contributed by atoms with van der Waals surface area (Å²) >= 11 is 0. The number of allylic oxidation sites excluding steroid dienone is 5. The van der Waals surface area contributed by atoms with Gasteiger partial charge in [-0.1, -0.05) is 34.9 Å². The highest BCUT2D eigenvalue weighted by atomic mass is 16.6. The van der Waals surface area contributed by atoms with Gasteiger partial charge in [0.1, 0.15) is 5.60 Å². The molecular formula is C23H39NO5. The molecule has 166 valence electrons. The summed E-state index contributed by atoms with van der Waals surface area (Å²) in [6.45, 7) is 13.7. The number of carboxylic acid groups (broad SMARTS) is 1. The standard InChI is InChI=1S/C23H39NO5/c1-17(2)10-8-11-18(3)12-9-13-19(4)14-15-28-16-20(21(25)26)24-22(27)29-23(5,6)7/h10,12,14,20H,8-9,11,13,15-16H2,1-7H3,(H,24,27)(H,25,26)/t20-/m1/s1. The van der Waals surface area contributed by atoms with E-state index >= 15 is 0 Å². The predicted molar refractivity (Wildman–Crippen MR) is 117 cm³/mol. The van der Waals surface area contributed by atoms with Gasteiger partial charge in [-0.2, -0.15) is 0 Å². The molecule has 0 aliphatic rings. The minimum Gasteiger partial charge on any atom is -0.480 e. The van der Waals surface area contributed by atoms with E-state index in [-0.39, 0.29) is 6.61 Å². The molecule has 0 aliphatic heterocycles. The molecule has 0 aromatic heterocycles. The van der Waals surface area contributed by atoms with Crippen LogP contribution in [-0.4, -0.2) is 42.0 Å². The van der Waals surface area contributed by atoms with Gasteiger partial charge in [0.2, 0.25) is 0 Å². The number of rotatable bonds is 12. The van der Waals surface area contributed by atoms with Crippen LogP contribution in [0.5, 0.6) is 0 Å². The lowest BCUT2D eigenvalue weighted by Crippen LogP contribution is -2.46. The summed E-state index contributed by atoms with van der Waals surface area (Å²) in [5, 5.41) is 11.5. The molecule has 1 amide bonds. The summed E-state index contributed by atoms with van der Waals surface area (Å²) in [7, 11) is 0. The molecular weight excluding hydrogens is 370 g/mol. The third kappa shape index (κ3) is 16.6. The Balaban J connectivity index is 4.25. The molecule has 0 bridgehead atoms. The molecule has 6 heteroatoms. The van der Waals surface area contributed by atoms with Crippen LogP contribution in [0.25, 0.3) is 0 Å². The number of aliphatic carboxylic acids is 1. The highest BCUT2D eigenvalue weighted by Crippen LogP contribution is 2.11. The normalized spacial score (nSPS) is 13.6. The Morgan fingerprint density at radius 1 is 0.966 bits per heavy atom. The number of carbonyl (C=O) groups is 2. The van der Waals surface area contributed by atoms with Crippen LogP contribution in [0.1, 0.15) is 74.1 Å². The first-order chi connectivity index (χ1) is 13.4. The van der Waals surface area contributed by atoms with Crippen LogP contribution in [-0.2, 0) is 14.3 Å². The second-order valence-electron chi connectivity index (χ2n) is 8.53. The van der Waals surface area contributed by atoms with E-state index in [0.29, 0.717) is 6.61 Å². The van der Waals surface area contributed by atoms with Crippen molar-refractivity contribution in [3.05, 3.63) is 34.9 Å². The Morgan fingerprint density at radius 3 is 2.03 bits per heavy atom. The van der Waals surface area contributed by atoms with Crippen molar-refractivity contribution in [1.29, 1.82) is 0 Å². The third-order valence-electron chi connectivity index (χ3n) is 3.95. The van der Waals surface area contributed by atoms with E-state index in [4.69, 9.17) is 9.47 Å². The lowest BCUT2D eigenvalue weighted by molar-refractivity contribution is -0.141. The van der Waals surface area contributed by atoms with Crippen LogP contribution in [0, 0.1) is 0 Å². The smallest absolute Gasteiger partial charge is 0.408 e. The van der Waals surface area contributed by atoms with Gasteiger partial charge in [-0.25, -0.2) is 9.59 Å². The Hall–Kier alpha value is -2.08. The van der Waals surface area contributed by atoms with Gasteiger partial charge in [0.05, 0.1) is 13.2 Å². The van der Waals surface area contributed by atoms with E-state index in [9.17, 15) is 14.7 Å². The quantitative estimate of drug-likeness (QED) is 0.333. The van der Waals surface area contributed by atoms with E-state index < -0.39 is 23.7 Å². The number of nitrogens with one attached hydrogen (secondary N) is 1. The number of ether oxygens (including phenoxy) is 2. The van der Waals surface area contributed by atoms with E-state index in [1.807, 2.05) is 13.0 Å². The summed E-state index contributed by atoms with van der Waals surface area (Å²) < 4.78 is 10.5. The van der Waals surface area contributed by atoms with Crippen molar-refractivity contribution in [2.24, 2.45) is 0 Å². The molecule has 29 heavy (non-hydrogen) atoms. The van der Waals surface area contributed by atoms with Crippen LogP contribution in [0.2, 0.25) is 0 Å². The van der Waals surface area contributed by atoms with Crippen molar-refractivity contribution in [3.63, 3.8) is 0 Å². The van der Waals surface area contributed by atoms with Crippen molar-refractivity contribution in [3.8, 4) is 0 Å². The molecule has 0 fully saturated rings. The van der Waals surface area contributed by atoms with Gasteiger partial charge < -0.3 is 19.9 Å². The number of carboxylic acids is 1. The van der Waals surface area contributed by atoms with E-state index in [1.54, 1.807) is 20.8 Å². The summed E-state index contributed by atoms with van der Waals surface area (Å²) in [5.74, 6) is -1.16. The van der Waals surface area contributed by atoms with Crippen LogP contribution >= 0.6 is 0 Å². The summed E-state index contributed by atoms with van der Waals surface area (Å²) in [6, 6.07) is -1.15. The largest absolute Gasteiger partial charge is 0.480 e. The van der Waals surface area contributed by atoms with E-state index in [1.165, 1.54) is 16.7 Å². The van der Waals surface area contributed by atoms with Gasteiger partial charge in [0.15, 0.2) is 6.04 Å². The van der Waals surface area contributed by atoms with E-state index in [0.717, 1.165) is 25.7 Å². The van der Waals surface area contributed by atoms with Gasteiger partial charge in [-0.3, -0.25) is 0 Å². The molecule has 0 unspecified atom stereocenters. The molecule has 0 radical (unpaired) electrons. The van der Waals surface area contributed by atoms with Crippen LogP contribution in [0.4, 0.5) is 4.79 Å². The van der Waals surface area contributed by atoms with Crippen LogP contribution in [0.15, 0.2) is 34.9 Å². The molecule has 0 aromatic carbocycles. The second kappa shape index (κ2) is 14.0. The van der Waals surface area contributed by atoms with Gasteiger partial charge in [-0.15, -0.1) is 0 Å². The fourth-order valence-corrected chi connectivity index (χ4v) is 2.35. The molecule has 0 heterocycles. The first-order valence-corrected chi connectivity index (χ1v) is 10.2. The highest BCUT2D eigenvalue weighted by molar-refractivity contribution is 5.80. The van der Waals surface area contributed by atoms with Crippen LogP contribution in [0.3, 0.4) is 0 Å². The van der Waals surface area contributed by atoms with Gasteiger partial charge in [0.25, 0.3) is 0 Å². The molecule has 0 spiro atoms. The number of hydrogen-bond donors (Lipinski definition) is 2. The Labute approximate surface area is 176 Å². The fourth-order valence-electron chi connectivity index (χ4n) is 2.35. The van der Waals surface area contributed by atoms with Crippen molar-refractivity contribution in [2.75, 3.05) is 13.2 Å². The zero-order valence-electron chi connectivity index (χ0n) is 19.1. The monoisotopic (exact) mass is 409 g/mol. The molecule has 0 aromatic rings. The maximum Gasteiger partial charge on any atom is 0.408 e. The maximum atomic E-state index is 11.7. The average Bonchev–Trinajstić information content (AvgIpc) is 2.55. The summed E-state index contributed by atoms with van der Waals surface area (Å²) in [5.41, 5.74) is 3.24. The topological polar surface area (TPSA) is 84.9 Å². The number of hydrogen-bond acceptors (Lipinski definition) is 4. The minimum atomic E-state index is -1.16. The number of alkyl carbamates (subject to hydrolysis) is 1. The molecule has 6 nitrogen and oxygen atoms in total. The Kier molecular flexibility index (Phi) is 13.0. The zero-order valence-corrected chi connectivity index (χ0v) is 19.1. The van der Waals surface area contributed by atoms with Gasteiger partial charge in [-0.05, 0) is 74.1 Å². The molecule has 2 N–H and O–H groups in total. The Morgan fingerprint density at radius 2 is 1.52 bits per heavy atom. The molecule has 0 saturated heterocycles. The fraction of sp³-hybridized carbons (Fsp3) is 0.652. The third-order valence-corrected chi connectivity index (χ3v) is 3.95. The zero-order chi connectivity index (χ0) is 22.4. The van der Waals surface area contributed by atoms with Crippen LogP contribution < -0.4 is 5.32 Å².